The van der Waals surface area contributed by atoms with E-state index in [4.69, 9.17) is 16.3 Å². The van der Waals surface area contributed by atoms with E-state index in [1.165, 1.54) is 12.4 Å². The van der Waals surface area contributed by atoms with Crippen LogP contribution >= 0.6 is 11.6 Å². The van der Waals surface area contributed by atoms with E-state index in [2.05, 4.69) is 27.1 Å². The summed E-state index contributed by atoms with van der Waals surface area (Å²) < 4.78 is 7.00. The molecule has 186 valence electrons. The monoisotopic (exact) mass is 496 g/mol. The van der Waals surface area contributed by atoms with Crippen molar-refractivity contribution in [2.45, 2.75) is 62.9 Å². The van der Waals surface area contributed by atoms with Crippen molar-refractivity contribution in [3.63, 3.8) is 0 Å². The minimum Gasteiger partial charge on any atom is -0.858 e. The molecule has 8 heteroatoms. The normalized spacial score (nSPS) is 28.3. The minimum atomic E-state index is -0.564. The molecule has 4 aliphatic rings. The van der Waals surface area contributed by atoms with Crippen LogP contribution in [0.4, 0.5) is 5.82 Å². The molecule has 1 aromatic carbocycles. The summed E-state index contributed by atoms with van der Waals surface area (Å²) in [6.45, 7) is 2.76. The van der Waals surface area contributed by atoms with E-state index in [1.807, 2.05) is 18.2 Å². The highest BCUT2D eigenvalue weighted by Gasteiger charge is 2.50. The largest absolute Gasteiger partial charge is 0.858 e. The third-order valence-corrected chi connectivity index (χ3v) is 8.46. The molecule has 6 rings (SSSR count). The molecule has 1 aliphatic carbocycles. The van der Waals surface area contributed by atoms with Gasteiger partial charge in [-0.15, -0.1) is 0 Å². The van der Waals surface area contributed by atoms with Crippen LogP contribution in [0.5, 0.6) is 0 Å². The van der Waals surface area contributed by atoms with Crippen molar-refractivity contribution in [2.75, 3.05) is 26.2 Å². The smallest absolute Gasteiger partial charge is 0.317 e. The van der Waals surface area contributed by atoms with Crippen LogP contribution in [0.1, 0.15) is 56.9 Å². The fourth-order valence-electron chi connectivity index (χ4n) is 6.36. The Morgan fingerprint density at radius 1 is 1.11 bits per heavy atom. The summed E-state index contributed by atoms with van der Waals surface area (Å²) in [6.07, 6.45) is 10.7. The summed E-state index contributed by atoms with van der Waals surface area (Å²) >= 11 is 5.88. The van der Waals surface area contributed by atoms with E-state index >= 15 is 0 Å². The van der Waals surface area contributed by atoms with Gasteiger partial charge in [0.25, 0.3) is 0 Å². The van der Waals surface area contributed by atoms with Crippen LogP contribution in [-0.4, -0.2) is 58.6 Å². The van der Waals surface area contributed by atoms with Gasteiger partial charge in [0.05, 0.1) is 30.9 Å². The number of quaternary nitrogens is 1. The molecule has 2 bridgehead atoms. The first-order valence-electron chi connectivity index (χ1n) is 12.8. The summed E-state index contributed by atoms with van der Waals surface area (Å²) in [5, 5.41) is 13.0. The number of fused-ring (bicyclic) bond motifs is 3. The van der Waals surface area contributed by atoms with Gasteiger partial charge < -0.3 is 14.3 Å². The Morgan fingerprint density at radius 2 is 1.83 bits per heavy atom. The fourth-order valence-corrected chi connectivity index (χ4v) is 6.51. The summed E-state index contributed by atoms with van der Waals surface area (Å²) in [4.78, 5) is 26.0. The van der Waals surface area contributed by atoms with Crippen molar-refractivity contribution < 1.29 is 19.1 Å². The average molecular weight is 497 g/mol. The summed E-state index contributed by atoms with van der Waals surface area (Å²) in [6, 6.07) is 10.2. The lowest BCUT2D eigenvalue weighted by Gasteiger charge is -2.53. The Hall–Kier alpha value is -2.51. The average Bonchev–Trinajstić information content (AvgIpc) is 3.12. The molecule has 0 unspecified atom stereocenters. The van der Waals surface area contributed by atoms with Crippen LogP contribution in [0.3, 0.4) is 0 Å². The maximum atomic E-state index is 13.9. The van der Waals surface area contributed by atoms with Gasteiger partial charge in [0.15, 0.2) is 11.9 Å². The van der Waals surface area contributed by atoms with Crippen molar-refractivity contribution in [3.05, 3.63) is 53.4 Å². The second-order valence-corrected chi connectivity index (χ2v) is 10.9. The first kappa shape index (κ1) is 24.2. The zero-order chi connectivity index (χ0) is 24.3. The lowest BCUT2D eigenvalue weighted by Crippen LogP contribution is -2.67. The van der Waals surface area contributed by atoms with Crippen LogP contribution in [0.2, 0.25) is 5.15 Å². The highest BCUT2D eigenvalue weighted by molar-refractivity contribution is 6.29. The molecular weight excluding hydrogens is 464 g/mol. The number of carbonyl (C=O) groups is 1. The van der Waals surface area contributed by atoms with Crippen molar-refractivity contribution in [3.8, 4) is 0 Å². The lowest BCUT2D eigenvalue weighted by atomic mass is 9.74. The molecule has 4 fully saturated rings. The maximum absolute atomic E-state index is 13.9. The lowest BCUT2D eigenvalue weighted by molar-refractivity contribution is -0.939. The molecule has 4 heterocycles. The van der Waals surface area contributed by atoms with Crippen LogP contribution in [0, 0.1) is 5.92 Å². The molecule has 2 aromatic rings. The highest BCUT2D eigenvalue weighted by atomic mass is 35.5. The fraction of sp³-hybridized carbons (Fsp3) is 0.556. The van der Waals surface area contributed by atoms with E-state index in [0.717, 1.165) is 70.0 Å². The predicted molar refractivity (Wildman–Crippen MR) is 132 cm³/mol. The number of hydrogen-bond acceptors (Lipinski definition) is 6. The molecule has 1 saturated carbocycles. The number of rotatable bonds is 6. The second kappa shape index (κ2) is 10.2. The van der Waals surface area contributed by atoms with Gasteiger partial charge in [-0.25, -0.2) is 9.98 Å². The van der Waals surface area contributed by atoms with Crippen LogP contribution in [0.15, 0.2) is 47.7 Å². The summed E-state index contributed by atoms with van der Waals surface area (Å²) in [5.41, 5.74) is 0.513. The van der Waals surface area contributed by atoms with Crippen LogP contribution in [-0.2, 0) is 14.9 Å². The van der Waals surface area contributed by atoms with Gasteiger partial charge in [-0.2, -0.15) is 0 Å². The van der Waals surface area contributed by atoms with Crippen molar-refractivity contribution in [1.29, 1.82) is 0 Å². The SMILES string of the molecule is O=C(O[C@H]1C[N+]2(C/C([O-])=N/c3cncc(Cl)n3)CCC1CC2)C1(c2ccccc2)CCCCCC1. The van der Waals surface area contributed by atoms with E-state index < -0.39 is 5.41 Å². The second-order valence-electron chi connectivity index (χ2n) is 10.5. The molecule has 0 radical (unpaired) electrons. The number of piperidine rings is 3. The molecular formula is C27H33ClN4O3. The van der Waals surface area contributed by atoms with Crippen LogP contribution in [0.25, 0.3) is 0 Å². The first-order chi connectivity index (χ1) is 17.0. The molecule has 1 atom stereocenters. The molecule has 0 amide bonds. The molecule has 0 spiro atoms. The van der Waals surface area contributed by atoms with Gasteiger partial charge >= 0.3 is 5.97 Å². The zero-order valence-electron chi connectivity index (χ0n) is 20.1. The third-order valence-electron chi connectivity index (χ3n) is 8.28. The molecule has 3 aliphatic heterocycles. The van der Waals surface area contributed by atoms with E-state index in [9.17, 15) is 9.90 Å². The highest BCUT2D eigenvalue weighted by Crippen LogP contribution is 2.42. The predicted octanol–water partition coefficient (Wildman–Crippen LogP) is 3.96. The topological polar surface area (TPSA) is 87.5 Å². The maximum Gasteiger partial charge on any atom is 0.317 e. The standard InChI is InChI=1S/C27H33ClN4O3/c28-23-16-29-17-24(30-23)31-25(33)19-32-14-10-20(11-15-32)22(18-32)35-26(34)27(12-6-1-2-7-13-27)21-8-4-3-5-9-21/h3-5,8-9,16-17,20,22H,1-2,6-7,10-15,18-19H2/t20?,22-,32?/m0/s1. The van der Waals surface area contributed by atoms with Gasteiger partial charge in [0, 0.05) is 24.7 Å². The number of hydrogen-bond donors (Lipinski definition) is 0. The quantitative estimate of drug-likeness (QED) is 0.198. The van der Waals surface area contributed by atoms with Crippen molar-refractivity contribution >= 4 is 29.3 Å². The van der Waals surface area contributed by atoms with Crippen molar-refractivity contribution in [1.82, 2.24) is 9.97 Å². The summed E-state index contributed by atoms with van der Waals surface area (Å²) in [5.74, 6) is 0.279. The number of aromatic nitrogens is 2. The Labute approximate surface area is 211 Å². The molecule has 1 aromatic heterocycles. The minimum absolute atomic E-state index is 0.0762. The Bertz CT molecular complexity index is 1060. The Kier molecular flexibility index (Phi) is 7.07. The number of carbonyl (C=O) groups excluding carboxylic acids is 1. The van der Waals surface area contributed by atoms with E-state index in [-0.39, 0.29) is 35.5 Å². The van der Waals surface area contributed by atoms with E-state index in [1.54, 1.807) is 0 Å². The zero-order valence-corrected chi connectivity index (χ0v) is 20.8. The number of halogens is 1. The van der Waals surface area contributed by atoms with Gasteiger partial charge in [0.1, 0.15) is 18.2 Å². The Balaban J connectivity index is 1.33. The number of esters is 1. The third kappa shape index (κ3) is 5.21. The summed E-state index contributed by atoms with van der Waals surface area (Å²) in [7, 11) is 0. The van der Waals surface area contributed by atoms with Gasteiger partial charge in [-0.1, -0.05) is 67.6 Å². The van der Waals surface area contributed by atoms with Gasteiger partial charge in [0.2, 0.25) is 0 Å². The molecule has 7 nitrogen and oxygen atoms in total. The van der Waals surface area contributed by atoms with Gasteiger partial charge in [-0.05, 0) is 18.4 Å². The Morgan fingerprint density at radius 3 is 2.51 bits per heavy atom. The van der Waals surface area contributed by atoms with Crippen molar-refractivity contribution in [2.24, 2.45) is 10.9 Å². The molecule has 0 N–H and O–H groups in total. The number of aliphatic imine (C=N–C) groups is 1. The molecule has 35 heavy (non-hydrogen) atoms. The number of nitrogens with zero attached hydrogens (tertiary/aromatic N) is 4. The van der Waals surface area contributed by atoms with Crippen LogP contribution < -0.4 is 5.11 Å². The first-order valence-corrected chi connectivity index (χ1v) is 13.2. The van der Waals surface area contributed by atoms with E-state index in [0.29, 0.717) is 16.9 Å². The number of benzene rings is 1. The van der Waals surface area contributed by atoms with Gasteiger partial charge in [-0.3, -0.25) is 9.78 Å². The number of ether oxygens (including phenoxy) is 1. The molecule has 3 saturated heterocycles.